The Kier molecular flexibility index (Phi) is 23.8. The number of unbranched alkanes of at least 4 members (excludes halogenated alkanes) is 1. The molecule has 15 nitrogen and oxygen atoms in total. The second-order valence-corrected chi connectivity index (χ2v) is 16.2. The average molecular weight is 852 g/mol. The van der Waals surface area contributed by atoms with Crippen LogP contribution in [0.25, 0.3) is 21.3 Å². The minimum Gasteiger partial charge on any atom is -0.382 e. The Balaban J connectivity index is 0.845. The normalized spacial score (nSPS) is 16.0. The summed E-state index contributed by atoms with van der Waals surface area (Å²) >= 11 is 1.91. The van der Waals surface area contributed by atoms with E-state index in [0.29, 0.717) is 137 Å². The summed E-state index contributed by atoms with van der Waals surface area (Å²) in [6, 6.07) is 2.30. The minimum absolute atomic E-state index is 0.523. The predicted octanol–water partition coefficient (Wildman–Crippen LogP) is 5.35. The first-order chi connectivity index (χ1) is 29.2. The number of imidazole rings is 1. The minimum atomic E-state index is 0.523. The molecule has 0 spiro atoms. The number of anilines is 1. The molecule has 3 aromatic heterocycles. The largest absolute Gasteiger partial charge is 0.382 e. The molecule has 0 aromatic carbocycles. The number of thiophene rings is 1. The summed E-state index contributed by atoms with van der Waals surface area (Å²) in [5, 5.41) is 0. The molecular weight excluding hydrogens is 779 g/mol. The fraction of sp³-hybridized carbons (Fsp3) is 0.814. The molecule has 5 heterocycles. The van der Waals surface area contributed by atoms with E-state index in [9.17, 15) is 0 Å². The number of hydrogen-bond acceptors (Lipinski definition) is 15. The Labute approximate surface area is 355 Å². The number of aryl methyl sites for hydroxylation is 1. The number of nitrogens with zero attached hydrogens (tertiary/aromatic N) is 4. The van der Waals surface area contributed by atoms with Crippen LogP contribution in [0.3, 0.4) is 0 Å². The molecule has 2 saturated heterocycles. The third-order valence-electron chi connectivity index (χ3n) is 10.7. The number of hydrogen-bond donors (Lipinski definition) is 1. The fourth-order valence-corrected chi connectivity index (χ4v) is 8.71. The predicted molar refractivity (Wildman–Crippen MR) is 231 cm³/mol. The number of rotatable bonds is 34. The van der Waals surface area contributed by atoms with Gasteiger partial charge >= 0.3 is 0 Å². The van der Waals surface area contributed by atoms with Crippen molar-refractivity contribution in [2.45, 2.75) is 71.3 Å². The number of ether oxygens (including phenoxy) is 10. The maximum Gasteiger partial charge on any atom is 0.152 e. The number of fused-ring (bicyclic) bond motifs is 3. The first-order valence-corrected chi connectivity index (χ1v) is 23.1. The summed E-state index contributed by atoms with van der Waals surface area (Å²) in [6.45, 7) is 20.2. The molecule has 3 aromatic rings. The molecule has 0 amide bonds. The van der Waals surface area contributed by atoms with E-state index >= 15 is 0 Å². The lowest BCUT2D eigenvalue weighted by molar-refractivity contribution is -0.0251. The Morgan fingerprint density at radius 1 is 0.678 bits per heavy atom. The molecule has 2 fully saturated rings. The Morgan fingerprint density at radius 2 is 1.19 bits per heavy atom. The van der Waals surface area contributed by atoms with Crippen LogP contribution in [0, 0.1) is 5.92 Å². The molecule has 336 valence electrons. The molecule has 0 unspecified atom stereocenters. The second kappa shape index (κ2) is 29.3. The van der Waals surface area contributed by atoms with Gasteiger partial charge in [-0.1, -0.05) is 13.3 Å². The van der Waals surface area contributed by atoms with Gasteiger partial charge in [-0.2, -0.15) is 0 Å². The zero-order valence-electron chi connectivity index (χ0n) is 36.0. The van der Waals surface area contributed by atoms with Crippen LogP contribution in [0.5, 0.6) is 0 Å². The van der Waals surface area contributed by atoms with Crippen molar-refractivity contribution in [3.8, 4) is 0 Å². The molecule has 16 heteroatoms. The first kappa shape index (κ1) is 48.0. The smallest absolute Gasteiger partial charge is 0.152 e. The zero-order valence-corrected chi connectivity index (χ0v) is 36.8. The molecule has 59 heavy (non-hydrogen) atoms. The standard InChI is InChI=1S/C43H73N5O10S/c1-3-5-6-39-46-40-41(48(39)34-35-9-14-50-15-10-35)42-37(45-43(40)44)33-38(59-42)36-7-11-47(12-8-36)13-16-51-19-20-53-23-24-55-27-28-57-31-32-58-30-29-56-26-25-54-22-21-52-18-17-49-4-2/h33,35-36H,3-32,34H2,1-2H3,(H2,44,45). The molecule has 0 atom stereocenters. The van der Waals surface area contributed by atoms with Crippen molar-refractivity contribution in [2.24, 2.45) is 5.92 Å². The van der Waals surface area contributed by atoms with E-state index < -0.39 is 0 Å². The molecule has 0 radical (unpaired) electrons. The maximum atomic E-state index is 6.58. The van der Waals surface area contributed by atoms with Gasteiger partial charge in [-0.05, 0) is 70.0 Å². The summed E-state index contributed by atoms with van der Waals surface area (Å²) in [4.78, 5) is 13.9. The van der Waals surface area contributed by atoms with Crippen LogP contribution in [0.15, 0.2) is 6.07 Å². The summed E-state index contributed by atoms with van der Waals surface area (Å²) in [6.07, 6.45) is 7.70. The highest BCUT2D eigenvalue weighted by Gasteiger charge is 2.26. The van der Waals surface area contributed by atoms with E-state index in [4.69, 9.17) is 63.1 Å². The molecule has 5 rings (SSSR count). The first-order valence-electron chi connectivity index (χ1n) is 22.3. The van der Waals surface area contributed by atoms with Crippen LogP contribution in [-0.4, -0.2) is 171 Å². The Hall–Kier alpha value is -2.06. The topological polar surface area (TPSA) is 152 Å². The fourth-order valence-electron chi connectivity index (χ4n) is 7.39. The van der Waals surface area contributed by atoms with Gasteiger partial charge in [0, 0.05) is 44.2 Å². The van der Waals surface area contributed by atoms with E-state index in [1.807, 2.05) is 18.3 Å². The van der Waals surface area contributed by atoms with Crippen molar-refractivity contribution in [1.29, 1.82) is 0 Å². The second-order valence-electron chi connectivity index (χ2n) is 15.1. The molecule has 2 aliphatic rings. The van der Waals surface area contributed by atoms with Gasteiger partial charge in [0.1, 0.15) is 11.3 Å². The van der Waals surface area contributed by atoms with Gasteiger partial charge in [0.2, 0.25) is 0 Å². The van der Waals surface area contributed by atoms with Gasteiger partial charge in [0.05, 0.1) is 128 Å². The molecule has 0 aliphatic carbocycles. The van der Waals surface area contributed by atoms with Crippen LogP contribution < -0.4 is 5.73 Å². The molecular formula is C43H73N5O10S. The van der Waals surface area contributed by atoms with Crippen LogP contribution in [0.4, 0.5) is 5.82 Å². The van der Waals surface area contributed by atoms with Crippen molar-refractivity contribution in [1.82, 2.24) is 19.4 Å². The van der Waals surface area contributed by atoms with Crippen LogP contribution in [-0.2, 0) is 60.3 Å². The van der Waals surface area contributed by atoms with E-state index in [2.05, 4.69) is 22.5 Å². The van der Waals surface area contributed by atoms with Gasteiger partial charge in [0.15, 0.2) is 5.82 Å². The third kappa shape index (κ3) is 17.3. The summed E-state index contributed by atoms with van der Waals surface area (Å²) in [5.41, 5.74) is 9.67. The molecule has 0 bridgehead atoms. The summed E-state index contributed by atoms with van der Waals surface area (Å²) in [5.74, 6) is 2.84. The van der Waals surface area contributed by atoms with E-state index in [-0.39, 0.29) is 0 Å². The highest BCUT2D eigenvalue weighted by atomic mass is 32.1. The number of pyridine rings is 1. The van der Waals surface area contributed by atoms with Gasteiger partial charge in [-0.25, -0.2) is 9.97 Å². The monoisotopic (exact) mass is 852 g/mol. The quantitative estimate of drug-likeness (QED) is 0.0770. The lowest BCUT2D eigenvalue weighted by atomic mass is 9.95. The average Bonchev–Trinajstić information content (AvgIpc) is 3.84. The zero-order chi connectivity index (χ0) is 41.2. The molecule has 2 N–H and O–H groups in total. The van der Waals surface area contributed by atoms with E-state index in [0.717, 1.165) is 101 Å². The van der Waals surface area contributed by atoms with Crippen LogP contribution >= 0.6 is 11.3 Å². The van der Waals surface area contributed by atoms with Crippen molar-refractivity contribution in [2.75, 3.05) is 158 Å². The van der Waals surface area contributed by atoms with Crippen molar-refractivity contribution in [3.63, 3.8) is 0 Å². The number of likely N-dealkylation sites (tertiary alicyclic amines) is 1. The lowest BCUT2D eigenvalue weighted by Gasteiger charge is -2.31. The van der Waals surface area contributed by atoms with Crippen LogP contribution in [0.2, 0.25) is 0 Å². The number of nitrogen functional groups attached to an aromatic ring is 1. The third-order valence-corrected chi connectivity index (χ3v) is 12.0. The van der Waals surface area contributed by atoms with Gasteiger partial charge in [-0.15, -0.1) is 11.3 Å². The van der Waals surface area contributed by atoms with Crippen molar-refractivity contribution < 1.29 is 47.4 Å². The highest BCUT2D eigenvalue weighted by molar-refractivity contribution is 7.20. The highest BCUT2D eigenvalue weighted by Crippen LogP contribution is 2.40. The Bertz CT molecular complexity index is 1530. The lowest BCUT2D eigenvalue weighted by Crippen LogP contribution is -2.35. The maximum absolute atomic E-state index is 6.58. The van der Waals surface area contributed by atoms with E-state index in [1.165, 1.54) is 15.1 Å². The molecule has 0 saturated carbocycles. The van der Waals surface area contributed by atoms with E-state index in [1.54, 1.807) is 0 Å². The van der Waals surface area contributed by atoms with Gasteiger partial charge in [0.25, 0.3) is 0 Å². The number of aromatic nitrogens is 3. The number of nitrogens with two attached hydrogens (primary N) is 1. The summed E-state index contributed by atoms with van der Waals surface area (Å²) in [7, 11) is 0. The van der Waals surface area contributed by atoms with Gasteiger partial charge < -0.3 is 62.6 Å². The van der Waals surface area contributed by atoms with Gasteiger partial charge in [-0.3, -0.25) is 0 Å². The van der Waals surface area contributed by atoms with Crippen molar-refractivity contribution >= 4 is 38.4 Å². The van der Waals surface area contributed by atoms with Crippen molar-refractivity contribution in [3.05, 3.63) is 16.8 Å². The Morgan fingerprint density at radius 3 is 1.69 bits per heavy atom. The van der Waals surface area contributed by atoms with Crippen LogP contribution in [0.1, 0.15) is 69.0 Å². The SMILES string of the molecule is CCCCc1nc2c(N)nc3cc(C4CCN(CCOCCOCCOCCOCCOCCOCCOCCOCCOCC)CC4)sc3c2n1CC1CCOCC1. The molecule has 2 aliphatic heterocycles. The summed E-state index contributed by atoms with van der Waals surface area (Å²) < 4.78 is 59.2. The number of piperidine rings is 1.